The average Bonchev–Trinajstić information content (AvgIpc) is 3.17. The van der Waals surface area contributed by atoms with Crippen molar-refractivity contribution in [3.05, 3.63) is 100 Å². The topological polar surface area (TPSA) is 98.3 Å². The summed E-state index contributed by atoms with van der Waals surface area (Å²) in [6.07, 6.45) is 4.38. The van der Waals surface area contributed by atoms with E-state index in [1.807, 2.05) is 0 Å². The fourth-order valence-electron chi connectivity index (χ4n) is 2.62. The molecule has 0 radical (unpaired) electrons. The number of non-ortho nitro benzene ring substituents is 1. The van der Waals surface area contributed by atoms with Crippen molar-refractivity contribution in [2.75, 3.05) is 14.1 Å². The van der Waals surface area contributed by atoms with Crippen molar-refractivity contribution >= 4 is 17.3 Å². The molecule has 0 saturated heterocycles. The van der Waals surface area contributed by atoms with Crippen LogP contribution < -0.4 is 0 Å². The molecule has 0 saturated carbocycles. The van der Waals surface area contributed by atoms with E-state index in [2.05, 4.69) is 5.10 Å². The van der Waals surface area contributed by atoms with E-state index in [1.165, 1.54) is 41.2 Å². The number of carbonyl (C=O) groups is 2. The summed E-state index contributed by atoms with van der Waals surface area (Å²) in [5.41, 5.74) is 1.03. The van der Waals surface area contributed by atoms with Crippen LogP contribution in [0.4, 0.5) is 5.69 Å². The highest BCUT2D eigenvalue weighted by Gasteiger charge is 2.22. The summed E-state index contributed by atoms with van der Waals surface area (Å²) in [5, 5.41) is 15.1. The summed E-state index contributed by atoms with van der Waals surface area (Å²) >= 11 is 0. The van der Waals surface area contributed by atoms with E-state index in [4.69, 9.17) is 0 Å². The Balaban J connectivity index is 2.06. The molecule has 0 atom stereocenters. The Labute approximate surface area is 166 Å². The molecule has 0 unspecified atom stereocenters. The molecule has 3 aromatic rings. The van der Waals surface area contributed by atoms with Crippen LogP contribution in [0.25, 0.3) is 5.69 Å². The number of rotatable bonds is 7. The second-order valence-electron chi connectivity index (χ2n) is 6.45. The van der Waals surface area contributed by atoms with Gasteiger partial charge in [-0.15, -0.1) is 0 Å². The smallest absolute Gasteiger partial charge is 0.269 e. The van der Waals surface area contributed by atoms with Gasteiger partial charge in [-0.2, -0.15) is 5.10 Å². The number of hydrogen-bond donors (Lipinski definition) is 0. The molecule has 146 valence electrons. The van der Waals surface area contributed by atoms with Gasteiger partial charge in [0.15, 0.2) is 5.78 Å². The minimum atomic E-state index is -0.502. The number of nitro groups is 1. The van der Waals surface area contributed by atoms with Gasteiger partial charge < -0.3 is 4.90 Å². The Morgan fingerprint density at radius 3 is 2.31 bits per heavy atom. The Morgan fingerprint density at radius 2 is 1.72 bits per heavy atom. The summed E-state index contributed by atoms with van der Waals surface area (Å²) in [6, 6.07) is 14.3. The molecule has 8 heteroatoms. The fraction of sp³-hybridized carbons (Fsp3) is 0.0952. The molecule has 0 bridgehead atoms. The van der Waals surface area contributed by atoms with Crippen molar-refractivity contribution in [3.8, 4) is 5.69 Å². The summed E-state index contributed by atoms with van der Waals surface area (Å²) < 4.78 is 1.37. The van der Waals surface area contributed by atoms with Crippen LogP contribution in [0.2, 0.25) is 0 Å². The minimum Gasteiger partial charge on any atom is -0.383 e. The van der Waals surface area contributed by atoms with E-state index in [0.29, 0.717) is 11.3 Å². The third-order valence-corrected chi connectivity index (χ3v) is 4.08. The van der Waals surface area contributed by atoms with Gasteiger partial charge in [-0.05, 0) is 12.1 Å². The molecular formula is C21H18N4O4. The van der Waals surface area contributed by atoms with Crippen LogP contribution in [-0.2, 0) is 0 Å². The van der Waals surface area contributed by atoms with Crippen molar-refractivity contribution in [3.63, 3.8) is 0 Å². The maximum Gasteiger partial charge on any atom is 0.269 e. The zero-order valence-corrected chi connectivity index (χ0v) is 15.9. The lowest BCUT2D eigenvalue weighted by Crippen LogP contribution is -2.09. The minimum absolute atomic E-state index is 0.00954. The molecule has 1 heterocycles. The Morgan fingerprint density at radius 1 is 1.07 bits per heavy atom. The predicted molar refractivity (Wildman–Crippen MR) is 107 cm³/mol. The predicted octanol–water partition coefficient (Wildman–Crippen LogP) is 3.27. The Bertz CT molecular complexity index is 1080. The van der Waals surface area contributed by atoms with Crippen molar-refractivity contribution in [1.29, 1.82) is 0 Å². The van der Waals surface area contributed by atoms with Gasteiger partial charge in [0, 0.05) is 50.3 Å². The number of benzene rings is 2. The lowest BCUT2D eigenvalue weighted by atomic mass is 10.0. The maximum absolute atomic E-state index is 13.0. The molecule has 2 aromatic carbocycles. The zero-order chi connectivity index (χ0) is 21.0. The van der Waals surface area contributed by atoms with Crippen LogP contribution in [0.1, 0.15) is 26.4 Å². The van der Waals surface area contributed by atoms with Crippen LogP contribution in [0.3, 0.4) is 0 Å². The molecule has 0 N–H and O–H groups in total. The quantitative estimate of drug-likeness (QED) is 0.266. The maximum atomic E-state index is 13.0. The van der Waals surface area contributed by atoms with Gasteiger partial charge in [-0.25, -0.2) is 4.68 Å². The number of hydrogen-bond acceptors (Lipinski definition) is 6. The Kier molecular flexibility index (Phi) is 5.64. The molecule has 0 spiro atoms. The van der Waals surface area contributed by atoms with E-state index in [1.54, 1.807) is 55.5 Å². The second-order valence-corrected chi connectivity index (χ2v) is 6.45. The largest absolute Gasteiger partial charge is 0.383 e. The highest BCUT2D eigenvalue weighted by molar-refractivity contribution is 6.17. The Hall–Kier alpha value is -4.07. The van der Waals surface area contributed by atoms with Crippen molar-refractivity contribution in [2.45, 2.75) is 0 Å². The second kappa shape index (κ2) is 8.30. The molecule has 0 aliphatic rings. The first-order chi connectivity index (χ1) is 13.9. The van der Waals surface area contributed by atoms with Crippen molar-refractivity contribution in [1.82, 2.24) is 14.7 Å². The molecule has 8 nitrogen and oxygen atoms in total. The number of allylic oxidation sites excluding steroid dienone is 1. The third kappa shape index (κ3) is 4.44. The SMILES string of the molecule is CN(C)/C=C/C(=O)c1nn(-c2ccc([N+](=O)[O-])cc2)cc1C(=O)c1ccccc1. The van der Waals surface area contributed by atoms with Crippen molar-refractivity contribution < 1.29 is 14.5 Å². The molecule has 1 aromatic heterocycles. The van der Waals surface area contributed by atoms with Gasteiger partial charge in [0.05, 0.1) is 16.2 Å². The van der Waals surface area contributed by atoms with Crippen LogP contribution in [-0.4, -0.2) is 45.3 Å². The molecule has 29 heavy (non-hydrogen) atoms. The standard InChI is InChI=1S/C21H18N4O4/c1-23(2)13-12-19(26)20-18(21(27)15-6-4-3-5-7-15)14-24(22-20)16-8-10-17(11-9-16)25(28)29/h3-14H,1-2H3/b13-12+. The first-order valence-electron chi connectivity index (χ1n) is 8.70. The molecule has 3 rings (SSSR count). The third-order valence-electron chi connectivity index (χ3n) is 4.08. The fourth-order valence-corrected chi connectivity index (χ4v) is 2.62. The lowest BCUT2D eigenvalue weighted by molar-refractivity contribution is -0.384. The number of ketones is 2. The van der Waals surface area contributed by atoms with Gasteiger partial charge in [0.1, 0.15) is 5.69 Å². The summed E-state index contributed by atoms with van der Waals surface area (Å²) in [5.74, 6) is -0.751. The molecular weight excluding hydrogens is 372 g/mol. The molecule has 0 aliphatic heterocycles. The van der Waals surface area contributed by atoms with Crippen LogP contribution >= 0.6 is 0 Å². The summed E-state index contributed by atoms with van der Waals surface area (Å²) in [6.45, 7) is 0. The highest BCUT2D eigenvalue weighted by atomic mass is 16.6. The van der Waals surface area contributed by atoms with Gasteiger partial charge in [0.2, 0.25) is 5.78 Å². The molecule has 0 amide bonds. The van der Waals surface area contributed by atoms with Crippen molar-refractivity contribution in [2.24, 2.45) is 0 Å². The lowest BCUT2D eigenvalue weighted by Gasteiger charge is -2.03. The monoisotopic (exact) mass is 390 g/mol. The summed E-state index contributed by atoms with van der Waals surface area (Å²) in [7, 11) is 3.55. The highest BCUT2D eigenvalue weighted by Crippen LogP contribution is 2.20. The van der Waals surface area contributed by atoms with Crippen LogP contribution in [0, 0.1) is 10.1 Å². The average molecular weight is 390 g/mol. The number of aromatic nitrogens is 2. The normalized spacial score (nSPS) is 10.8. The van der Waals surface area contributed by atoms with E-state index < -0.39 is 10.7 Å². The molecule has 0 fully saturated rings. The van der Waals surface area contributed by atoms with E-state index in [-0.39, 0.29) is 22.7 Å². The summed E-state index contributed by atoms with van der Waals surface area (Å²) in [4.78, 5) is 37.7. The molecule has 0 aliphatic carbocycles. The van der Waals surface area contributed by atoms with Crippen LogP contribution in [0.15, 0.2) is 73.1 Å². The van der Waals surface area contributed by atoms with Gasteiger partial charge >= 0.3 is 0 Å². The van der Waals surface area contributed by atoms with E-state index in [9.17, 15) is 19.7 Å². The van der Waals surface area contributed by atoms with Gasteiger partial charge in [0.25, 0.3) is 5.69 Å². The number of nitro benzene ring substituents is 1. The van der Waals surface area contributed by atoms with Crippen LogP contribution in [0.5, 0.6) is 0 Å². The first kappa shape index (κ1) is 19.7. The van der Waals surface area contributed by atoms with E-state index >= 15 is 0 Å². The number of carbonyl (C=O) groups excluding carboxylic acids is 2. The van der Waals surface area contributed by atoms with Gasteiger partial charge in [-0.3, -0.25) is 19.7 Å². The number of nitrogens with zero attached hydrogens (tertiary/aromatic N) is 4. The zero-order valence-electron chi connectivity index (χ0n) is 15.9. The van der Waals surface area contributed by atoms with Gasteiger partial charge in [-0.1, -0.05) is 30.3 Å². The first-order valence-corrected chi connectivity index (χ1v) is 8.70. The van der Waals surface area contributed by atoms with E-state index in [0.717, 1.165) is 0 Å².